The number of thiazole rings is 1. The maximum absolute atomic E-state index is 13.1. The van der Waals surface area contributed by atoms with Gasteiger partial charge < -0.3 is 24.2 Å². The van der Waals surface area contributed by atoms with Crippen molar-refractivity contribution < 1.29 is 19.1 Å². The van der Waals surface area contributed by atoms with Crippen molar-refractivity contribution in [1.82, 2.24) is 14.8 Å². The minimum absolute atomic E-state index is 0.00284. The van der Waals surface area contributed by atoms with Gasteiger partial charge in [-0.3, -0.25) is 4.79 Å². The second kappa shape index (κ2) is 10.2. The van der Waals surface area contributed by atoms with Crippen LogP contribution in [0.15, 0.2) is 29.6 Å². The third-order valence-electron chi connectivity index (χ3n) is 6.24. The summed E-state index contributed by atoms with van der Waals surface area (Å²) in [6, 6.07) is 8.03. The van der Waals surface area contributed by atoms with Crippen LogP contribution in [0.1, 0.15) is 55.0 Å². The van der Waals surface area contributed by atoms with Gasteiger partial charge in [-0.1, -0.05) is 0 Å². The Morgan fingerprint density at radius 3 is 2.21 bits per heavy atom. The lowest BCUT2D eigenvalue weighted by Gasteiger charge is -2.36. The summed E-state index contributed by atoms with van der Waals surface area (Å²) in [7, 11) is 1.66. The van der Waals surface area contributed by atoms with Crippen molar-refractivity contribution >= 4 is 29.0 Å². The van der Waals surface area contributed by atoms with E-state index in [-0.39, 0.29) is 17.9 Å². The zero-order valence-electron chi connectivity index (χ0n) is 20.5. The van der Waals surface area contributed by atoms with Crippen LogP contribution >= 0.6 is 11.3 Å². The Morgan fingerprint density at radius 1 is 0.971 bits per heavy atom. The van der Waals surface area contributed by atoms with Gasteiger partial charge in [0.1, 0.15) is 17.0 Å². The van der Waals surface area contributed by atoms with E-state index in [0.29, 0.717) is 31.9 Å². The summed E-state index contributed by atoms with van der Waals surface area (Å²) in [4.78, 5) is 36.0. The molecule has 2 aliphatic heterocycles. The molecule has 0 saturated carbocycles. The number of carbonyl (C=O) groups is 2. The van der Waals surface area contributed by atoms with Gasteiger partial charge in [-0.15, -0.1) is 11.3 Å². The van der Waals surface area contributed by atoms with Gasteiger partial charge in [-0.2, -0.15) is 0 Å². The van der Waals surface area contributed by atoms with E-state index in [2.05, 4.69) is 17.0 Å². The lowest BCUT2D eigenvalue weighted by atomic mass is 9.98. The number of piperazine rings is 1. The number of hydrogen-bond acceptors (Lipinski definition) is 7. The Hall–Kier alpha value is -2.81. The molecule has 0 N–H and O–H groups in total. The van der Waals surface area contributed by atoms with Crippen LogP contribution in [0.25, 0.3) is 0 Å². The molecule has 2 aromatic rings. The third kappa shape index (κ3) is 5.81. The molecule has 1 aromatic heterocycles. The molecule has 4 rings (SSSR count). The van der Waals surface area contributed by atoms with Crippen molar-refractivity contribution in [2.24, 2.45) is 0 Å². The van der Waals surface area contributed by atoms with Gasteiger partial charge >= 0.3 is 6.09 Å². The summed E-state index contributed by atoms with van der Waals surface area (Å²) < 4.78 is 10.7. The lowest BCUT2D eigenvalue weighted by molar-refractivity contribution is 0.0204. The highest BCUT2D eigenvalue weighted by molar-refractivity contribution is 7.09. The Bertz CT molecular complexity index is 985. The molecule has 0 bridgehead atoms. The van der Waals surface area contributed by atoms with E-state index in [1.54, 1.807) is 23.3 Å². The first-order chi connectivity index (χ1) is 16.2. The first-order valence-electron chi connectivity index (χ1n) is 11.8. The third-order valence-corrected chi connectivity index (χ3v) is 7.25. The first-order valence-corrected chi connectivity index (χ1v) is 12.7. The molecule has 2 saturated heterocycles. The van der Waals surface area contributed by atoms with Crippen molar-refractivity contribution in [3.63, 3.8) is 0 Å². The standard InChI is InChI=1S/C25H34N4O4S/c1-25(2,3)33-24(31)29-11-9-18(10-12-29)22-26-21(17-34-22)23(30)28-15-13-27(14-16-28)19-5-7-20(32-4)8-6-19/h5-8,17-18H,9-16H2,1-4H3. The highest BCUT2D eigenvalue weighted by atomic mass is 32.1. The molecule has 2 amide bonds. The average Bonchev–Trinajstić information content (AvgIpc) is 3.33. The summed E-state index contributed by atoms with van der Waals surface area (Å²) in [5, 5.41) is 2.87. The first kappa shape index (κ1) is 24.3. The fourth-order valence-electron chi connectivity index (χ4n) is 4.33. The molecule has 2 aliphatic rings. The number of piperidine rings is 1. The SMILES string of the molecule is COc1ccc(N2CCN(C(=O)c3csc(C4CCN(C(=O)OC(C)(C)C)CC4)n3)CC2)cc1. The van der Waals surface area contributed by atoms with Crippen molar-refractivity contribution in [1.29, 1.82) is 0 Å². The van der Waals surface area contributed by atoms with Gasteiger partial charge in [0.15, 0.2) is 0 Å². The van der Waals surface area contributed by atoms with Crippen molar-refractivity contribution in [2.45, 2.75) is 45.1 Å². The molecule has 3 heterocycles. The van der Waals surface area contributed by atoms with Crippen molar-refractivity contribution in [2.75, 3.05) is 51.3 Å². The van der Waals surface area contributed by atoms with Crippen LogP contribution in [0.5, 0.6) is 5.75 Å². The van der Waals surface area contributed by atoms with Gasteiger partial charge in [0.25, 0.3) is 5.91 Å². The molecule has 34 heavy (non-hydrogen) atoms. The number of anilines is 1. The van der Waals surface area contributed by atoms with E-state index in [1.165, 1.54) is 0 Å². The Kier molecular flexibility index (Phi) is 7.30. The van der Waals surface area contributed by atoms with Crippen molar-refractivity contribution in [3.8, 4) is 5.75 Å². The summed E-state index contributed by atoms with van der Waals surface area (Å²) in [6.45, 7) is 9.86. The molecule has 0 spiro atoms. The van der Waals surface area contributed by atoms with E-state index < -0.39 is 5.60 Å². The van der Waals surface area contributed by atoms with E-state index in [0.717, 1.165) is 42.4 Å². The highest BCUT2D eigenvalue weighted by Gasteiger charge is 2.30. The van der Waals surface area contributed by atoms with Crippen LogP contribution in [-0.4, -0.2) is 78.8 Å². The van der Waals surface area contributed by atoms with E-state index in [9.17, 15) is 9.59 Å². The number of rotatable bonds is 4. The molecule has 184 valence electrons. The fourth-order valence-corrected chi connectivity index (χ4v) is 5.30. The molecular formula is C25H34N4O4S. The number of carbonyl (C=O) groups excluding carboxylic acids is 2. The lowest BCUT2D eigenvalue weighted by Crippen LogP contribution is -2.48. The van der Waals surface area contributed by atoms with Crippen molar-refractivity contribution in [3.05, 3.63) is 40.3 Å². The number of benzene rings is 1. The van der Waals surface area contributed by atoms with Gasteiger partial charge in [0.05, 0.1) is 12.1 Å². The Labute approximate surface area is 205 Å². The monoisotopic (exact) mass is 486 g/mol. The largest absolute Gasteiger partial charge is 0.497 e. The van der Waals surface area contributed by atoms with Crippen LogP contribution in [0, 0.1) is 0 Å². The summed E-state index contributed by atoms with van der Waals surface area (Å²) >= 11 is 1.55. The number of methoxy groups -OCH3 is 1. The molecule has 0 atom stereocenters. The van der Waals surface area contributed by atoms with Gasteiger partial charge in [0.2, 0.25) is 0 Å². The second-order valence-corrected chi connectivity index (χ2v) is 10.7. The maximum Gasteiger partial charge on any atom is 0.410 e. The smallest absolute Gasteiger partial charge is 0.410 e. The average molecular weight is 487 g/mol. The fraction of sp³-hybridized carbons (Fsp3) is 0.560. The van der Waals surface area contributed by atoms with Crippen LogP contribution in [0.3, 0.4) is 0 Å². The quantitative estimate of drug-likeness (QED) is 0.644. The molecular weight excluding hydrogens is 452 g/mol. The van der Waals surface area contributed by atoms with Crippen LogP contribution in [-0.2, 0) is 4.74 Å². The van der Waals surface area contributed by atoms with Crippen LogP contribution < -0.4 is 9.64 Å². The van der Waals surface area contributed by atoms with E-state index in [1.807, 2.05) is 43.2 Å². The summed E-state index contributed by atoms with van der Waals surface area (Å²) in [5.41, 5.74) is 1.19. The molecule has 0 radical (unpaired) electrons. The number of likely N-dealkylation sites (tertiary alicyclic amines) is 1. The number of ether oxygens (including phenoxy) is 2. The number of nitrogens with zero attached hydrogens (tertiary/aromatic N) is 4. The zero-order chi connectivity index (χ0) is 24.3. The zero-order valence-corrected chi connectivity index (χ0v) is 21.3. The summed E-state index contributed by atoms with van der Waals surface area (Å²) in [6.07, 6.45) is 1.41. The molecule has 1 aromatic carbocycles. The molecule has 9 heteroatoms. The number of hydrogen-bond donors (Lipinski definition) is 0. The second-order valence-electron chi connectivity index (χ2n) is 9.79. The minimum atomic E-state index is -0.487. The number of amides is 2. The minimum Gasteiger partial charge on any atom is -0.497 e. The maximum atomic E-state index is 13.1. The van der Waals surface area contributed by atoms with Gasteiger partial charge in [-0.25, -0.2) is 9.78 Å². The predicted octanol–water partition coefficient (Wildman–Crippen LogP) is 4.23. The highest BCUT2D eigenvalue weighted by Crippen LogP contribution is 2.31. The van der Waals surface area contributed by atoms with Gasteiger partial charge in [-0.05, 0) is 57.9 Å². The molecule has 0 unspecified atom stereocenters. The molecule has 2 fully saturated rings. The molecule has 0 aliphatic carbocycles. The summed E-state index contributed by atoms with van der Waals surface area (Å²) in [5.74, 6) is 1.12. The normalized spacial score (nSPS) is 17.6. The van der Waals surface area contributed by atoms with Crippen LogP contribution in [0.2, 0.25) is 0 Å². The molecule has 8 nitrogen and oxygen atoms in total. The Balaban J connectivity index is 1.28. The van der Waals surface area contributed by atoms with Crippen LogP contribution in [0.4, 0.5) is 10.5 Å². The van der Waals surface area contributed by atoms with Gasteiger partial charge in [0, 0.05) is 56.3 Å². The predicted molar refractivity (Wildman–Crippen MR) is 133 cm³/mol. The van der Waals surface area contributed by atoms with E-state index >= 15 is 0 Å². The topological polar surface area (TPSA) is 75.2 Å². The number of aromatic nitrogens is 1. The Morgan fingerprint density at radius 2 is 1.62 bits per heavy atom. The van der Waals surface area contributed by atoms with E-state index in [4.69, 9.17) is 14.5 Å².